The van der Waals surface area contributed by atoms with E-state index in [9.17, 15) is 14.7 Å². The quantitative estimate of drug-likeness (QED) is 0.813. The molecular formula is C15H22N2O4. The molecule has 0 spiro atoms. The van der Waals surface area contributed by atoms with Gasteiger partial charge in [-0.15, -0.1) is 0 Å². The van der Waals surface area contributed by atoms with Crippen LogP contribution in [0.1, 0.15) is 46.0 Å². The highest BCUT2D eigenvalue weighted by Gasteiger charge is 2.35. The summed E-state index contributed by atoms with van der Waals surface area (Å²) in [6.07, 6.45) is -0.666. The van der Waals surface area contributed by atoms with Gasteiger partial charge in [0, 0.05) is 19.2 Å². The Hall–Kier alpha value is -1.66. The molecule has 6 nitrogen and oxygen atoms in total. The molecule has 1 amide bonds. The zero-order valence-electron chi connectivity index (χ0n) is 12.9. The molecule has 1 aromatic heterocycles. The van der Waals surface area contributed by atoms with Gasteiger partial charge in [0.05, 0.1) is 36.6 Å². The monoisotopic (exact) mass is 294 g/mol. The van der Waals surface area contributed by atoms with E-state index in [1.165, 1.54) is 6.92 Å². The average Bonchev–Trinajstić information content (AvgIpc) is 2.95. The van der Waals surface area contributed by atoms with E-state index >= 15 is 0 Å². The predicted molar refractivity (Wildman–Crippen MR) is 77.6 cm³/mol. The Bertz CT molecular complexity index is 564. The third-order valence-electron chi connectivity index (χ3n) is 4.03. The lowest BCUT2D eigenvalue weighted by Crippen LogP contribution is -2.46. The smallest absolute Gasteiger partial charge is 0.256 e. The van der Waals surface area contributed by atoms with Crippen LogP contribution in [0.2, 0.25) is 0 Å². The minimum absolute atomic E-state index is 0.0954. The molecule has 0 radical (unpaired) electrons. The number of aryl methyl sites for hydroxylation is 1. The van der Waals surface area contributed by atoms with Crippen molar-refractivity contribution in [3.05, 3.63) is 22.5 Å². The van der Waals surface area contributed by atoms with Crippen LogP contribution in [0.5, 0.6) is 0 Å². The molecular weight excluding hydrogens is 272 g/mol. The number of aliphatic hydroxyl groups is 1. The van der Waals surface area contributed by atoms with Gasteiger partial charge in [-0.05, 0) is 26.3 Å². The zero-order chi connectivity index (χ0) is 15.7. The van der Waals surface area contributed by atoms with Crippen LogP contribution in [0.3, 0.4) is 0 Å². The van der Waals surface area contributed by atoms with E-state index in [0.29, 0.717) is 35.7 Å². The molecule has 2 atom stereocenters. The summed E-state index contributed by atoms with van der Waals surface area (Å²) in [6.45, 7) is 7.94. The number of ketones is 1. The first kappa shape index (κ1) is 15.7. The maximum atomic E-state index is 12.8. The number of ether oxygens (including phenoxy) is 1. The van der Waals surface area contributed by atoms with Crippen LogP contribution < -0.4 is 0 Å². The van der Waals surface area contributed by atoms with Crippen LogP contribution in [-0.2, 0) is 4.74 Å². The summed E-state index contributed by atoms with van der Waals surface area (Å²) >= 11 is 0. The topological polar surface area (TPSA) is 82.6 Å². The summed E-state index contributed by atoms with van der Waals surface area (Å²) in [5.74, 6) is -0.271. The van der Waals surface area contributed by atoms with Gasteiger partial charge in [-0.3, -0.25) is 9.59 Å². The number of aromatic amines is 1. The first-order valence-electron chi connectivity index (χ1n) is 7.15. The molecule has 1 aromatic rings. The van der Waals surface area contributed by atoms with Crippen LogP contribution in [-0.4, -0.2) is 58.6 Å². The Balaban J connectivity index is 2.36. The Morgan fingerprint density at radius 2 is 2.05 bits per heavy atom. The minimum Gasteiger partial charge on any atom is -0.388 e. The van der Waals surface area contributed by atoms with Gasteiger partial charge >= 0.3 is 0 Å². The van der Waals surface area contributed by atoms with Gasteiger partial charge in [-0.2, -0.15) is 0 Å². The van der Waals surface area contributed by atoms with Crippen molar-refractivity contribution < 1.29 is 19.4 Å². The van der Waals surface area contributed by atoms with Gasteiger partial charge in [0.25, 0.3) is 5.91 Å². The molecule has 116 valence electrons. The number of likely N-dealkylation sites (N-methyl/N-ethyl adjacent to an activating group) is 1. The zero-order valence-corrected chi connectivity index (χ0v) is 12.9. The molecule has 2 N–H and O–H groups in total. The maximum absolute atomic E-state index is 12.8. The highest BCUT2D eigenvalue weighted by Crippen LogP contribution is 2.23. The number of carbonyl (C=O) groups excluding carboxylic acids is 2. The first-order valence-corrected chi connectivity index (χ1v) is 7.15. The summed E-state index contributed by atoms with van der Waals surface area (Å²) in [4.78, 5) is 29.0. The van der Waals surface area contributed by atoms with Crippen LogP contribution in [0.4, 0.5) is 0 Å². The van der Waals surface area contributed by atoms with Crippen molar-refractivity contribution in [1.82, 2.24) is 9.88 Å². The van der Waals surface area contributed by atoms with E-state index in [0.717, 1.165) is 0 Å². The molecule has 21 heavy (non-hydrogen) atoms. The number of aliphatic hydroxyl groups excluding tert-OH is 1. The summed E-state index contributed by atoms with van der Waals surface area (Å²) in [6, 6.07) is -0.336. The lowest BCUT2D eigenvalue weighted by molar-refractivity contribution is 0.0519. The number of Topliss-reactive ketones (excluding diaryl/α,β-unsaturated/α-hetero) is 1. The van der Waals surface area contributed by atoms with E-state index in [4.69, 9.17) is 4.74 Å². The van der Waals surface area contributed by atoms with E-state index < -0.39 is 6.10 Å². The Labute approximate surface area is 124 Å². The number of amides is 1. The standard InChI is InChI=1S/C15H22N2O4/c1-5-17(11-6-21-7-12(11)19)15(20)13-8(2)14(10(4)18)16-9(13)3/h11-12,16,19H,5-7H2,1-4H3/t11-,12-/m0/s1. The molecule has 0 aromatic carbocycles. The largest absolute Gasteiger partial charge is 0.388 e. The molecule has 0 unspecified atom stereocenters. The normalized spacial score (nSPS) is 21.6. The maximum Gasteiger partial charge on any atom is 0.256 e. The number of carbonyl (C=O) groups is 2. The number of aromatic nitrogens is 1. The predicted octanol–water partition coefficient (Wildman–Crippen LogP) is 1.06. The first-order chi connectivity index (χ1) is 9.88. The van der Waals surface area contributed by atoms with Crippen molar-refractivity contribution in [3.63, 3.8) is 0 Å². The number of nitrogens with one attached hydrogen (secondary N) is 1. The Morgan fingerprint density at radius 1 is 1.38 bits per heavy atom. The Morgan fingerprint density at radius 3 is 2.48 bits per heavy atom. The van der Waals surface area contributed by atoms with Crippen molar-refractivity contribution in [2.24, 2.45) is 0 Å². The van der Waals surface area contributed by atoms with Crippen LogP contribution >= 0.6 is 0 Å². The van der Waals surface area contributed by atoms with Crippen molar-refractivity contribution >= 4 is 11.7 Å². The average molecular weight is 294 g/mol. The summed E-state index contributed by atoms with van der Waals surface area (Å²) < 4.78 is 5.24. The molecule has 1 aliphatic rings. The second-order valence-electron chi connectivity index (χ2n) is 5.44. The molecule has 1 aliphatic heterocycles. The van der Waals surface area contributed by atoms with Gasteiger partial charge in [-0.25, -0.2) is 0 Å². The van der Waals surface area contributed by atoms with Crippen LogP contribution in [0, 0.1) is 13.8 Å². The number of nitrogens with zero attached hydrogens (tertiary/aromatic N) is 1. The number of rotatable bonds is 4. The highest BCUT2D eigenvalue weighted by atomic mass is 16.5. The van der Waals surface area contributed by atoms with E-state index in [1.807, 2.05) is 6.92 Å². The van der Waals surface area contributed by atoms with Gasteiger partial charge in [0.2, 0.25) is 0 Å². The fourth-order valence-corrected chi connectivity index (χ4v) is 2.92. The fourth-order valence-electron chi connectivity index (χ4n) is 2.92. The fraction of sp³-hybridized carbons (Fsp3) is 0.600. The summed E-state index contributed by atoms with van der Waals surface area (Å²) in [7, 11) is 0. The summed E-state index contributed by atoms with van der Waals surface area (Å²) in [5.41, 5.74) is 2.32. The van der Waals surface area contributed by atoms with Crippen molar-refractivity contribution in [1.29, 1.82) is 0 Å². The molecule has 2 rings (SSSR count). The molecule has 1 fully saturated rings. The minimum atomic E-state index is -0.666. The van der Waals surface area contributed by atoms with Gasteiger partial charge in [0.1, 0.15) is 0 Å². The van der Waals surface area contributed by atoms with E-state index in [2.05, 4.69) is 4.98 Å². The second-order valence-corrected chi connectivity index (χ2v) is 5.44. The third-order valence-corrected chi connectivity index (χ3v) is 4.03. The van der Waals surface area contributed by atoms with Gasteiger partial charge in [0.15, 0.2) is 5.78 Å². The van der Waals surface area contributed by atoms with Crippen LogP contribution in [0.15, 0.2) is 0 Å². The number of hydrogen-bond acceptors (Lipinski definition) is 4. The molecule has 0 saturated carbocycles. The Kier molecular flexibility index (Phi) is 4.49. The van der Waals surface area contributed by atoms with E-state index in [-0.39, 0.29) is 24.3 Å². The molecule has 0 aliphatic carbocycles. The number of hydrogen-bond donors (Lipinski definition) is 2. The lowest BCUT2D eigenvalue weighted by Gasteiger charge is -2.29. The lowest BCUT2D eigenvalue weighted by atomic mass is 10.1. The SMILES string of the molecule is CCN(C(=O)c1c(C)[nH]c(C(C)=O)c1C)[C@H]1COC[C@@H]1O. The molecule has 2 heterocycles. The van der Waals surface area contributed by atoms with E-state index in [1.54, 1.807) is 18.7 Å². The van der Waals surface area contributed by atoms with Gasteiger partial charge in [-0.1, -0.05) is 0 Å². The summed E-state index contributed by atoms with van der Waals surface area (Å²) in [5, 5.41) is 9.94. The molecule has 6 heteroatoms. The molecule has 1 saturated heterocycles. The third kappa shape index (κ3) is 2.73. The van der Waals surface area contributed by atoms with Crippen molar-refractivity contribution in [2.45, 2.75) is 39.8 Å². The van der Waals surface area contributed by atoms with Crippen molar-refractivity contribution in [3.8, 4) is 0 Å². The van der Waals surface area contributed by atoms with Gasteiger partial charge < -0.3 is 19.7 Å². The highest BCUT2D eigenvalue weighted by molar-refractivity contribution is 6.02. The van der Waals surface area contributed by atoms with Crippen LogP contribution in [0.25, 0.3) is 0 Å². The van der Waals surface area contributed by atoms with Crippen molar-refractivity contribution in [2.75, 3.05) is 19.8 Å². The second kappa shape index (κ2) is 5.99. The molecule has 0 bridgehead atoms. The number of H-pyrrole nitrogens is 1.